The van der Waals surface area contributed by atoms with E-state index in [2.05, 4.69) is 19.2 Å². The zero-order valence-electron chi connectivity index (χ0n) is 7.31. The van der Waals surface area contributed by atoms with Crippen LogP contribution in [0.5, 0.6) is 0 Å². The van der Waals surface area contributed by atoms with Crippen molar-refractivity contribution in [2.75, 3.05) is 6.61 Å². The van der Waals surface area contributed by atoms with Gasteiger partial charge in [-0.1, -0.05) is 13.8 Å². The van der Waals surface area contributed by atoms with Crippen LogP contribution in [-0.4, -0.2) is 18.2 Å². The molecule has 1 amide bonds. The molecule has 0 aliphatic carbocycles. The van der Waals surface area contributed by atoms with E-state index in [9.17, 15) is 4.79 Å². The Morgan fingerprint density at radius 2 is 2.36 bits per heavy atom. The number of carbonyl (C=O) groups excluding carboxylic acids is 1. The van der Waals surface area contributed by atoms with Crippen molar-refractivity contribution in [3.63, 3.8) is 0 Å². The van der Waals surface area contributed by atoms with Crippen LogP contribution in [0.3, 0.4) is 0 Å². The maximum absolute atomic E-state index is 10.7. The van der Waals surface area contributed by atoms with Gasteiger partial charge in [-0.2, -0.15) is 0 Å². The van der Waals surface area contributed by atoms with Crippen LogP contribution in [0.25, 0.3) is 0 Å². The predicted octanol–water partition coefficient (Wildman–Crippen LogP) is 1.53. The molecule has 0 saturated carbocycles. The minimum atomic E-state index is -0.284. The maximum atomic E-state index is 10.7. The number of amides is 1. The lowest BCUT2D eigenvalue weighted by molar-refractivity contribution is 0.171. The molecule has 3 heteroatoms. The molecule has 1 aliphatic heterocycles. The summed E-state index contributed by atoms with van der Waals surface area (Å²) >= 11 is 0. The molecule has 1 rings (SSSR count). The predicted molar refractivity (Wildman–Crippen MR) is 42.3 cm³/mol. The van der Waals surface area contributed by atoms with Crippen LogP contribution in [0.15, 0.2) is 0 Å². The van der Waals surface area contributed by atoms with Gasteiger partial charge >= 0.3 is 6.09 Å². The lowest BCUT2D eigenvalue weighted by Gasteiger charge is -2.22. The van der Waals surface area contributed by atoms with Gasteiger partial charge < -0.3 is 10.1 Å². The molecule has 1 saturated heterocycles. The average molecular weight is 157 g/mol. The second-order valence-corrected chi connectivity index (χ2v) is 3.86. The monoisotopic (exact) mass is 157 g/mol. The summed E-state index contributed by atoms with van der Waals surface area (Å²) in [6.45, 7) is 6.79. The van der Waals surface area contributed by atoms with Gasteiger partial charge in [0.05, 0.1) is 5.54 Å². The molecule has 64 valence electrons. The van der Waals surface area contributed by atoms with Gasteiger partial charge in [0.2, 0.25) is 0 Å². The van der Waals surface area contributed by atoms with Crippen LogP contribution in [0.1, 0.15) is 27.2 Å². The Morgan fingerprint density at radius 1 is 1.73 bits per heavy atom. The minimum Gasteiger partial charge on any atom is -0.447 e. The van der Waals surface area contributed by atoms with Gasteiger partial charge in [0.1, 0.15) is 6.61 Å². The first-order chi connectivity index (χ1) is 5.02. The van der Waals surface area contributed by atoms with E-state index in [1.54, 1.807) is 0 Å². The van der Waals surface area contributed by atoms with Gasteiger partial charge in [-0.05, 0) is 19.3 Å². The largest absolute Gasteiger partial charge is 0.447 e. The van der Waals surface area contributed by atoms with Gasteiger partial charge in [-0.3, -0.25) is 0 Å². The molecule has 1 heterocycles. The van der Waals surface area contributed by atoms with E-state index >= 15 is 0 Å². The second-order valence-electron chi connectivity index (χ2n) is 3.86. The first kappa shape index (κ1) is 8.37. The Bertz CT molecular complexity index is 167. The van der Waals surface area contributed by atoms with E-state index in [0.29, 0.717) is 12.5 Å². The Morgan fingerprint density at radius 3 is 2.73 bits per heavy atom. The molecule has 1 atom stereocenters. The number of cyclic esters (lactones) is 1. The standard InChI is InChI=1S/C8H15NO2/c1-6(2)4-8(3)5-11-7(10)9-8/h6H,4-5H2,1-3H3,(H,9,10). The molecule has 1 fully saturated rings. The van der Waals surface area contributed by atoms with Crippen molar-refractivity contribution in [1.29, 1.82) is 0 Å². The molecule has 0 aromatic rings. The van der Waals surface area contributed by atoms with Crippen LogP contribution >= 0.6 is 0 Å². The number of alkyl carbamates (subject to hydrolysis) is 1. The molecular weight excluding hydrogens is 142 g/mol. The van der Waals surface area contributed by atoms with Gasteiger partial charge in [-0.15, -0.1) is 0 Å². The van der Waals surface area contributed by atoms with E-state index in [1.807, 2.05) is 6.92 Å². The van der Waals surface area contributed by atoms with Crippen molar-refractivity contribution in [1.82, 2.24) is 5.32 Å². The van der Waals surface area contributed by atoms with Crippen molar-refractivity contribution in [3.05, 3.63) is 0 Å². The third-order valence-electron chi connectivity index (χ3n) is 1.78. The van der Waals surface area contributed by atoms with Gasteiger partial charge in [-0.25, -0.2) is 4.79 Å². The molecule has 0 aromatic heterocycles. The molecule has 1 N–H and O–H groups in total. The van der Waals surface area contributed by atoms with Crippen LogP contribution in [0.4, 0.5) is 4.79 Å². The topological polar surface area (TPSA) is 38.3 Å². The van der Waals surface area contributed by atoms with Crippen LogP contribution in [0.2, 0.25) is 0 Å². The molecular formula is C8H15NO2. The highest BCUT2D eigenvalue weighted by molar-refractivity contribution is 5.70. The van der Waals surface area contributed by atoms with Crippen molar-refractivity contribution < 1.29 is 9.53 Å². The number of rotatable bonds is 2. The first-order valence-corrected chi connectivity index (χ1v) is 3.97. The van der Waals surface area contributed by atoms with Crippen molar-refractivity contribution in [2.24, 2.45) is 5.92 Å². The van der Waals surface area contributed by atoms with E-state index in [-0.39, 0.29) is 11.6 Å². The van der Waals surface area contributed by atoms with Crippen molar-refractivity contribution >= 4 is 6.09 Å². The zero-order chi connectivity index (χ0) is 8.48. The summed E-state index contributed by atoms with van der Waals surface area (Å²) in [5.74, 6) is 0.585. The quantitative estimate of drug-likeness (QED) is 0.660. The summed E-state index contributed by atoms with van der Waals surface area (Å²) < 4.78 is 4.82. The molecule has 11 heavy (non-hydrogen) atoms. The van der Waals surface area contributed by atoms with Crippen LogP contribution < -0.4 is 5.32 Å². The van der Waals surface area contributed by atoms with E-state index in [0.717, 1.165) is 6.42 Å². The SMILES string of the molecule is CC(C)CC1(C)COC(=O)N1. The number of nitrogens with one attached hydrogen (secondary N) is 1. The lowest BCUT2D eigenvalue weighted by atomic mass is 9.92. The normalized spacial score (nSPS) is 30.4. The fourth-order valence-corrected chi connectivity index (χ4v) is 1.55. The average Bonchev–Trinajstić information content (AvgIpc) is 2.08. The summed E-state index contributed by atoms with van der Waals surface area (Å²) in [5, 5.41) is 2.80. The number of hydrogen-bond donors (Lipinski definition) is 1. The molecule has 0 aromatic carbocycles. The molecule has 0 bridgehead atoms. The third-order valence-corrected chi connectivity index (χ3v) is 1.78. The number of hydrogen-bond acceptors (Lipinski definition) is 2. The lowest BCUT2D eigenvalue weighted by Crippen LogP contribution is -2.41. The molecule has 3 nitrogen and oxygen atoms in total. The number of carbonyl (C=O) groups is 1. The summed E-state index contributed by atoms with van der Waals surface area (Å²) in [6, 6.07) is 0. The Labute approximate surface area is 67.1 Å². The summed E-state index contributed by atoms with van der Waals surface area (Å²) in [6.07, 6.45) is 0.687. The zero-order valence-corrected chi connectivity index (χ0v) is 7.31. The summed E-state index contributed by atoms with van der Waals surface area (Å²) in [7, 11) is 0. The second kappa shape index (κ2) is 2.72. The Balaban J connectivity index is 2.48. The van der Waals surface area contributed by atoms with Crippen LogP contribution in [-0.2, 0) is 4.74 Å². The fraction of sp³-hybridized carbons (Fsp3) is 0.875. The minimum absolute atomic E-state index is 0.134. The molecule has 1 aliphatic rings. The van der Waals surface area contributed by atoms with Gasteiger partial charge in [0.15, 0.2) is 0 Å². The molecule has 1 unspecified atom stereocenters. The fourth-order valence-electron chi connectivity index (χ4n) is 1.55. The van der Waals surface area contributed by atoms with Crippen LogP contribution in [0, 0.1) is 5.92 Å². The Hall–Kier alpha value is -0.730. The van der Waals surface area contributed by atoms with E-state index in [1.165, 1.54) is 0 Å². The highest BCUT2D eigenvalue weighted by Crippen LogP contribution is 2.20. The van der Waals surface area contributed by atoms with E-state index in [4.69, 9.17) is 4.74 Å². The first-order valence-electron chi connectivity index (χ1n) is 3.97. The Kier molecular flexibility index (Phi) is 2.07. The van der Waals surface area contributed by atoms with Gasteiger partial charge in [0, 0.05) is 0 Å². The maximum Gasteiger partial charge on any atom is 0.407 e. The highest BCUT2D eigenvalue weighted by atomic mass is 16.6. The summed E-state index contributed by atoms with van der Waals surface area (Å²) in [4.78, 5) is 10.7. The highest BCUT2D eigenvalue weighted by Gasteiger charge is 2.34. The smallest absolute Gasteiger partial charge is 0.407 e. The van der Waals surface area contributed by atoms with Crippen molar-refractivity contribution in [2.45, 2.75) is 32.7 Å². The summed E-state index contributed by atoms with van der Waals surface area (Å²) in [5.41, 5.74) is -0.134. The molecule has 0 spiro atoms. The molecule has 0 radical (unpaired) electrons. The third kappa shape index (κ3) is 2.10. The number of ether oxygens (including phenoxy) is 1. The van der Waals surface area contributed by atoms with Gasteiger partial charge in [0.25, 0.3) is 0 Å². The van der Waals surface area contributed by atoms with Crippen molar-refractivity contribution in [3.8, 4) is 0 Å². The van der Waals surface area contributed by atoms with E-state index < -0.39 is 0 Å².